The maximum atomic E-state index is 12.7. The fourth-order valence-corrected chi connectivity index (χ4v) is 3.05. The zero-order valence-corrected chi connectivity index (χ0v) is 15.7. The number of carbonyl (C=O) groups excluding carboxylic acids is 1. The number of pyridine rings is 1. The minimum Gasteiger partial charge on any atom is -0.448 e. The van der Waals surface area contributed by atoms with Crippen LogP contribution in [0.4, 0.5) is 0 Å². The summed E-state index contributed by atoms with van der Waals surface area (Å²) in [7, 11) is 0. The van der Waals surface area contributed by atoms with Gasteiger partial charge in [0.05, 0.1) is 23.0 Å². The van der Waals surface area contributed by atoms with Gasteiger partial charge in [-0.1, -0.05) is 48.5 Å². The molecular formula is C21H14BrN3O2. The molecule has 2 heterocycles. The molecule has 0 bridgehead atoms. The van der Waals surface area contributed by atoms with Crippen molar-refractivity contribution in [1.29, 1.82) is 0 Å². The van der Waals surface area contributed by atoms with Crippen LogP contribution in [0.5, 0.6) is 0 Å². The Morgan fingerprint density at radius 2 is 1.81 bits per heavy atom. The van der Waals surface area contributed by atoms with Crippen molar-refractivity contribution >= 4 is 39.0 Å². The van der Waals surface area contributed by atoms with Crippen molar-refractivity contribution in [3.8, 4) is 11.3 Å². The molecule has 0 aliphatic carbocycles. The maximum absolute atomic E-state index is 12.7. The highest BCUT2D eigenvalue weighted by atomic mass is 79.9. The van der Waals surface area contributed by atoms with E-state index >= 15 is 0 Å². The summed E-state index contributed by atoms with van der Waals surface area (Å²) in [6.07, 6.45) is 1.45. The van der Waals surface area contributed by atoms with Crippen molar-refractivity contribution in [2.45, 2.75) is 0 Å². The number of para-hydroxylation sites is 1. The Bertz CT molecular complexity index is 1140. The smallest absolute Gasteiger partial charge is 0.272 e. The van der Waals surface area contributed by atoms with Gasteiger partial charge in [-0.2, -0.15) is 5.10 Å². The van der Waals surface area contributed by atoms with Crippen LogP contribution in [0.15, 0.2) is 87.0 Å². The normalized spacial score (nSPS) is 11.1. The number of halogens is 1. The third kappa shape index (κ3) is 3.80. The summed E-state index contributed by atoms with van der Waals surface area (Å²) >= 11 is 3.22. The van der Waals surface area contributed by atoms with Gasteiger partial charge in [0.2, 0.25) is 0 Å². The molecular weight excluding hydrogens is 406 g/mol. The van der Waals surface area contributed by atoms with Crippen molar-refractivity contribution in [2.75, 3.05) is 0 Å². The zero-order chi connectivity index (χ0) is 18.6. The topological polar surface area (TPSA) is 67.5 Å². The molecule has 0 atom stereocenters. The van der Waals surface area contributed by atoms with Gasteiger partial charge in [0.1, 0.15) is 5.76 Å². The van der Waals surface area contributed by atoms with Crippen LogP contribution in [-0.2, 0) is 0 Å². The molecule has 0 unspecified atom stereocenters. The first-order valence-electron chi connectivity index (χ1n) is 8.25. The molecule has 4 rings (SSSR count). The monoisotopic (exact) mass is 419 g/mol. The Kier molecular flexibility index (Phi) is 4.80. The second-order valence-electron chi connectivity index (χ2n) is 5.78. The number of hydrogen-bond donors (Lipinski definition) is 1. The van der Waals surface area contributed by atoms with Crippen LogP contribution in [0.3, 0.4) is 0 Å². The zero-order valence-electron chi connectivity index (χ0n) is 14.1. The minimum absolute atomic E-state index is 0.312. The van der Waals surface area contributed by atoms with E-state index in [4.69, 9.17) is 4.42 Å². The van der Waals surface area contributed by atoms with Gasteiger partial charge < -0.3 is 4.42 Å². The standard InChI is InChI=1S/C21H14BrN3O2/c22-20-11-10-15(27-20)13-23-25-21(26)17-12-19(14-6-2-1-3-7-14)24-18-9-5-4-8-16(17)18/h1-13H,(H,25,26)/b23-13+. The van der Waals surface area contributed by atoms with E-state index < -0.39 is 0 Å². The second-order valence-corrected chi connectivity index (χ2v) is 6.56. The highest BCUT2D eigenvalue weighted by Gasteiger charge is 2.13. The van der Waals surface area contributed by atoms with Gasteiger partial charge in [0.15, 0.2) is 4.67 Å². The number of nitrogens with one attached hydrogen (secondary N) is 1. The highest BCUT2D eigenvalue weighted by molar-refractivity contribution is 9.10. The number of hydrazone groups is 1. The van der Waals surface area contributed by atoms with Crippen LogP contribution in [-0.4, -0.2) is 17.1 Å². The van der Waals surface area contributed by atoms with Gasteiger partial charge in [-0.05, 0) is 40.2 Å². The molecule has 0 spiro atoms. The quantitative estimate of drug-likeness (QED) is 0.372. The molecule has 27 heavy (non-hydrogen) atoms. The van der Waals surface area contributed by atoms with Gasteiger partial charge in [-0.15, -0.1) is 0 Å². The predicted octanol–water partition coefficient (Wildman–Crippen LogP) is 5.02. The van der Waals surface area contributed by atoms with Crippen LogP contribution in [0.1, 0.15) is 16.1 Å². The number of nitrogens with zero attached hydrogens (tertiary/aromatic N) is 2. The van der Waals surface area contributed by atoms with Crippen molar-refractivity contribution < 1.29 is 9.21 Å². The summed E-state index contributed by atoms with van der Waals surface area (Å²) in [5, 5.41) is 4.75. The number of aromatic nitrogens is 1. The van der Waals surface area contributed by atoms with Crippen LogP contribution in [0.2, 0.25) is 0 Å². The van der Waals surface area contributed by atoms with Crippen molar-refractivity contribution in [3.63, 3.8) is 0 Å². The highest BCUT2D eigenvalue weighted by Crippen LogP contribution is 2.24. The Balaban J connectivity index is 1.69. The number of hydrogen-bond acceptors (Lipinski definition) is 4. The van der Waals surface area contributed by atoms with Crippen LogP contribution in [0.25, 0.3) is 22.2 Å². The fraction of sp³-hybridized carbons (Fsp3) is 0. The summed E-state index contributed by atoms with van der Waals surface area (Å²) in [4.78, 5) is 17.4. The lowest BCUT2D eigenvalue weighted by atomic mass is 10.0. The Morgan fingerprint density at radius 3 is 2.59 bits per heavy atom. The lowest BCUT2D eigenvalue weighted by molar-refractivity contribution is 0.0956. The van der Waals surface area contributed by atoms with E-state index in [9.17, 15) is 4.79 Å². The molecule has 2 aromatic carbocycles. The molecule has 1 amide bonds. The summed E-state index contributed by atoms with van der Waals surface area (Å²) in [6, 6.07) is 22.6. The maximum Gasteiger partial charge on any atom is 0.272 e. The van der Waals surface area contributed by atoms with E-state index in [2.05, 4.69) is 31.4 Å². The summed E-state index contributed by atoms with van der Waals surface area (Å²) in [5.41, 5.74) is 5.50. The van der Waals surface area contributed by atoms with Gasteiger partial charge in [-0.25, -0.2) is 10.4 Å². The Morgan fingerprint density at radius 1 is 1.04 bits per heavy atom. The largest absolute Gasteiger partial charge is 0.448 e. The van der Waals surface area contributed by atoms with E-state index in [1.54, 1.807) is 18.2 Å². The SMILES string of the molecule is O=C(N/N=C/c1ccc(Br)o1)c1cc(-c2ccccc2)nc2ccccc12. The van der Waals surface area contributed by atoms with Crippen LogP contribution >= 0.6 is 15.9 Å². The van der Waals surface area contributed by atoms with Gasteiger partial charge in [0, 0.05) is 10.9 Å². The molecule has 0 saturated heterocycles. The van der Waals surface area contributed by atoms with E-state index in [0.29, 0.717) is 16.0 Å². The summed E-state index contributed by atoms with van der Waals surface area (Å²) in [6.45, 7) is 0. The molecule has 0 aliphatic rings. The number of benzene rings is 2. The van der Waals surface area contributed by atoms with Gasteiger partial charge in [0.25, 0.3) is 5.91 Å². The van der Waals surface area contributed by atoms with E-state index in [0.717, 1.165) is 22.2 Å². The third-order valence-corrected chi connectivity index (χ3v) is 4.41. The first-order chi connectivity index (χ1) is 13.2. The Hall–Kier alpha value is -3.25. The lowest BCUT2D eigenvalue weighted by Gasteiger charge is -2.08. The first-order valence-corrected chi connectivity index (χ1v) is 9.04. The number of rotatable bonds is 4. The fourth-order valence-electron chi connectivity index (χ4n) is 2.73. The predicted molar refractivity (Wildman–Crippen MR) is 109 cm³/mol. The first kappa shape index (κ1) is 17.2. The number of carbonyl (C=O) groups is 1. The molecule has 0 aliphatic heterocycles. The van der Waals surface area contributed by atoms with Crippen LogP contribution < -0.4 is 5.43 Å². The van der Waals surface area contributed by atoms with E-state index in [-0.39, 0.29) is 5.91 Å². The van der Waals surface area contributed by atoms with E-state index in [1.165, 1.54) is 6.21 Å². The minimum atomic E-state index is -0.312. The summed E-state index contributed by atoms with van der Waals surface area (Å²) < 4.78 is 5.92. The molecule has 132 valence electrons. The molecule has 0 radical (unpaired) electrons. The molecule has 2 aromatic heterocycles. The number of furan rings is 1. The molecule has 1 N–H and O–H groups in total. The third-order valence-electron chi connectivity index (χ3n) is 3.98. The molecule has 0 saturated carbocycles. The lowest BCUT2D eigenvalue weighted by Crippen LogP contribution is -2.18. The van der Waals surface area contributed by atoms with Crippen LogP contribution in [0, 0.1) is 0 Å². The number of fused-ring (bicyclic) bond motifs is 1. The molecule has 0 fully saturated rings. The van der Waals surface area contributed by atoms with Crippen molar-refractivity contribution in [1.82, 2.24) is 10.4 Å². The molecule has 5 nitrogen and oxygen atoms in total. The number of amides is 1. The average Bonchev–Trinajstić information content (AvgIpc) is 3.12. The van der Waals surface area contributed by atoms with Crippen molar-refractivity contribution in [2.24, 2.45) is 5.10 Å². The average molecular weight is 420 g/mol. The van der Waals surface area contributed by atoms with E-state index in [1.807, 2.05) is 54.6 Å². The Labute approximate surface area is 163 Å². The van der Waals surface area contributed by atoms with Gasteiger partial charge in [-0.3, -0.25) is 4.79 Å². The second kappa shape index (κ2) is 7.55. The van der Waals surface area contributed by atoms with Gasteiger partial charge >= 0.3 is 0 Å². The molecule has 4 aromatic rings. The summed E-state index contributed by atoms with van der Waals surface area (Å²) in [5.74, 6) is 0.222. The van der Waals surface area contributed by atoms with Crippen molar-refractivity contribution in [3.05, 3.63) is 88.8 Å². The molecule has 6 heteroatoms.